The first-order valence-corrected chi connectivity index (χ1v) is 12.0. The van der Waals surface area contributed by atoms with Crippen molar-refractivity contribution in [2.45, 2.75) is 84.9 Å². The summed E-state index contributed by atoms with van der Waals surface area (Å²) in [7, 11) is 0. The van der Waals surface area contributed by atoms with Gasteiger partial charge >= 0.3 is 6.09 Å². The maximum absolute atomic E-state index is 13.6. The number of unbranched alkanes of at least 4 members (excludes halogenated alkanes) is 2. The van der Waals surface area contributed by atoms with Gasteiger partial charge in [-0.2, -0.15) is 0 Å². The molecule has 1 rings (SSSR count). The molecule has 2 atom stereocenters. The summed E-state index contributed by atoms with van der Waals surface area (Å²) in [6, 6.07) is 2.28. The third kappa shape index (κ3) is 9.84. The van der Waals surface area contributed by atoms with Crippen molar-refractivity contribution < 1.29 is 29.0 Å². The Morgan fingerprint density at radius 2 is 1.80 bits per heavy atom. The standard InChI is InChI=1S/C25H40N4O6/c1-7-9-10-13-27-22(32)21(17-11-12-19(30)16(3)14-17)29(8-2)23(33)18(15-20(26)31)28-24(34)35-25(4,5)6/h11-12,14,18,21,30H,7-10,13,15H2,1-6H3,(H2,26,31)(H,27,32)(H,28,34). The molecule has 1 aromatic carbocycles. The van der Waals surface area contributed by atoms with E-state index in [-0.39, 0.29) is 12.3 Å². The van der Waals surface area contributed by atoms with Gasteiger partial charge in [0.05, 0.1) is 6.42 Å². The molecule has 0 aliphatic carbocycles. The van der Waals surface area contributed by atoms with Crippen molar-refractivity contribution in [1.82, 2.24) is 15.5 Å². The van der Waals surface area contributed by atoms with Crippen molar-refractivity contribution in [1.29, 1.82) is 0 Å². The lowest BCUT2D eigenvalue weighted by atomic mass is 10.00. The van der Waals surface area contributed by atoms with E-state index < -0.39 is 47.9 Å². The minimum atomic E-state index is -1.32. The second kappa shape index (κ2) is 13.6. The van der Waals surface area contributed by atoms with Crippen LogP contribution in [0.5, 0.6) is 5.75 Å². The van der Waals surface area contributed by atoms with E-state index in [0.29, 0.717) is 17.7 Å². The average Bonchev–Trinajstić information content (AvgIpc) is 2.74. The van der Waals surface area contributed by atoms with Gasteiger partial charge in [0.15, 0.2) is 0 Å². The van der Waals surface area contributed by atoms with Gasteiger partial charge in [0.25, 0.3) is 0 Å². The van der Waals surface area contributed by atoms with Crippen LogP contribution in [-0.2, 0) is 19.1 Å². The molecule has 0 heterocycles. The van der Waals surface area contributed by atoms with Gasteiger partial charge in [0, 0.05) is 13.1 Å². The minimum absolute atomic E-state index is 0.0587. The number of amides is 4. The Morgan fingerprint density at radius 3 is 2.31 bits per heavy atom. The number of nitrogens with zero attached hydrogens (tertiary/aromatic N) is 1. The molecule has 0 radical (unpaired) electrons. The Labute approximate surface area is 207 Å². The molecule has 196 valence electrons. The Kier molecular flexibility index (Phi) is 11.5. The van der Waals surface area contributed by atoms with E-state index in [1.165, 1.54) is 11.0 Å². The van der Waals surface area contributed by atoms with Crippen LogP contribution >= 0.6 is 0 Å². The van der Waals surface area contributed by atoms with Gasteiger partial charge in [-0.1, -0.05) is 25.8 Å². The van der Waals surface area contributed by atoms with Gasteiger partial charge in [-0.25, -0.2) is 4.79 Å². The van der Waals surface area contributed by atoms with Crippen LogP contribution < -0.4 is 16.4 Å². The number of ether oxygens (including phenoxy) is 1. The van der Waals surface area contributed by atoms with Crippen molar-refractivity contribution in [3.63, 3.8) is 0 Å². The number of nitrogens with one attached hydrogen (secondary N) is 2. The third-order valence-electron chi connectivity index (χ3n) is 5.19. The predicted molar refractivity (Wildman–Crippen MR) is 132 cm³/mol. The number of hydrogen-bond acceptors (Lipinski definition) is 6. The number of alkyl carbamates (subject to hydrolysis) is 1. The molecule has 10 heteroatoms. The van der Waals surface area contributed by atoms with Gasteiger partial charge in [0.2, 0.25) is 17.7 Å². The number of aromatic hydroxyl groups is 1. The highest BCUT2D eigenvalue weighted by Gasteiger charge is 2.36. The SMILES string of the molecule is CCCCCNC(=O)C(c1ccc(O)c(C)c1)N(CC)C(=O)C(CC(N)=O)NC(=O)OC(C)(C)C. The zero-order valence-electron chi connectivity index (χ0n) is 21.6. The Balaban J connectivity index is 3.34. The number of phenols is 1. The normalized spacial score (nSPS) is 12.9. The lowest BCUT2D eigenvalue weighted by molar-refractivity contribution is -0.143. The maximum Gasteiger partial charge on any atom is 0.408 e. The first kappa shape index (κ1) is 29.7. The first-order valence-electron chi connectivity index (χ1n) is 12.0. The molecule has 0 bridgehead atoms. The molecule has 1 aromatic rings. The summed E-state index contributed by atoms with van der Waals surface area (Å²) >= 11 is 0. The van der Waals surface area contributed by atoms with Crippen molar-refractivity contribution in [3.8, 4) is 5.75 Å². The second-order valence-corrected chi connectivity index (χ2v) is 9.44. The van der Waals surface area contributed by atoms with E-state index in [1.54, 1.807) is 46.8 Å². The molecule has 0 fully saturated rings. The van der Waals surface area contributed by atoms with Crippen LogP contribution in [0.4, 0.5) is 4.79 Å². The van der Waals surface area contributed by atoms with E-state index in [0.717, 1.165) is 19.3 Å². The van der Waals surface area contributed by atoms with Crippen molar-refractivity contribution in [2.75, 3.05) is 13.1 Å². The Hall–Kier alpha value is -3.30. The fraction of sp³-hybridized carbons (Fsp3) is 0.600. The van der Waals surface area contributed by atoms with Gasteiger partial charge in [-0.05, 0) is 64.3 Å². The van der Waals surface area contributed by atoms with E-state index in [4.69, 9.17) is 10.5 Å². The number of benzene rings is 1. The summed E-state index contributed by atoms with van der Waals surface area (Å²) in [5.41, 5.74) is 5.55. The number of aryl methyl sites for hydroxylation is 1. The number of hydrogen-bond donors (Lipinski definition) is 4. The summed E-state index contributed by atoms with van der Waals surface area (Å²) in [6.45, 7) is 11.0. The maximum atomic E-state index is 13.6. The van der Waals surface area contributed by atoms with Crippen LogP contribution in [0.15, 0.2) is 18.2 Å². The van der Waals surface area contributed by atoms with Crippen LogP contribution in [0.1, 0.15) is 77.5 Å². The van der Waals surface area contributed by atoms with E-state index >= 15 is 0 Å². The summed E-state index contributed by atoms with van der Waals surface area (Å²) in [6.07, 6.45) is 1.37. The summed E-state index contributed by atoms with van der Waals surface area (Å²) in [5, 5.41) is 15.2. The summed E-state index contributed by atoms with van der Waals surface area (Å²) < 4.78 is 5.23. The predicted octanol–water partition coefficient (Wildman–Crippen LogP) is 2.67. The topological polar surface area (TPSA) is 151 Å². The van der Waals surface area contributed by atoms with Crippen LogP contribution in [0.25, 0.3) is 0 Å². The molecular weight excluding hydrogens is 452 g/mol. The first-order chi connectivity index (χ1) is 16.3. The molecule has 0 spiro atoms. The zero-order valence-corrected chi connectivity index (χ0v) is 21.6. The van der Waals surface area contributed by atoms with Gasteiger partial charge in [-0.15, -0.1) is 0 Å². The highest BCUT2D eigenvalue weighted by atomic mass is 16.6. The molecule has 5 N–H and O–H groups in total. The highest BCUT2D eigenvalue weighted by molar-refractivity contribution is 5.94. The van der Waals surface area contributed by atoms with Gasteiger partial charge in [0.1, 0.15) is 23.4 Å². The smallest absolute Gasteiger partial charge is 0.408 e. The number of phenolic OH excluding ortho intramolecular Hbond substituents is 1. The summed E-state index contributed by atoms with van der Waals surface area (Å²) in [5.74, 6) is -1.80. The fourth-order valence-electron chi connectivity index (χ4n) is 3.52. The molecule has 0 aromatic heterocycles. The molecule has 0 aliphatic rings. The van der Waals surface area contributed by atoms with E-state index in [2.05, 4.69) is 17.6 Å². The molecular formula is C25H40N4O6. The molecule has 4 amide bonds. The molecule has 0 aliphatic heterocycles. The Bertz CT molecular complexity index is 896. The van der Waals surface area contributed by atoms with Crippen LogP contribution in [0, 0.1) is 6.92 Å². The molecule has 10 nitrogen and oxygen atoms in total. The highest BCUT2D eigenvalue weighted by Crippen LogP contribution is 2.27. The molecule has 0 saturated heterocycles. The number of carbonyl (C=O) groups is 4. The lowest BCUT2D eigenvalue weighted by Crippen LogP contribution is -2.54. The number of primary amides is 1. The van der Waals surface area contributed by atoms with Gasteiger partial charge < -0.3 is 31.1 Å². The lowest BCUT2D eigenvalue weighted by Gasteiger charge is -2.33. The van der Waals surface area contributed by atoms with Crippen LogP contribution in [-0.4, -0.2) is 58.6 Å². The van der Waals surface area contributed by atoms with E-state index in [1.807, 2.05) is 0 Å². The average molecular weight is 493 g/mol. The number of nitrogens with two attached hydrogens (primary N) is 1. The quantitative estimate of drug-likeness (QED) is 0.329. The molecule has 0 saturated carbocycles. The van der Waals surface area contributed by atoms with Crippen LogP contribution in [0.3, 0.4) is 0 Å². The molecule has 35 heavy (non-hydrogen) atoms. The third-order valence-corrected chi connectivity index (χ3v) is 5.19. The number of carbonyl (C=O) groups excluding carboxylic acids is 4. The fourth-order valence-corrected chi connectivity index (χ4v) is 3.52. The monoisotopic (exact) mass is 492 g/mol. The number of likely N-dealkylation sites (N-methyl/N-ethyl adjacent to an activating group) is 1. The summed E-state index contributed by atoms with van der Waals surface area (Å²) in [4.78, 5) is 52.2. The Morgan fingerprint density at radius 1 is 1.14 bits per heavy atom. The van der Waals surface area contributed by atoms with E-state index in [9.17, 15) is 24.3 Å². The minimum Gasteiger partial charge on any atom is -0.508 e. The zero-order chi connectivity index (χ0) is 26.8. The largest absolute Gasteiger partial charge is 0.508 e. The van der Waals surface area contributed by atoms with Crippen molar-refractivity contribution in [2.24, 2.45) is 5.73 Å². The molecule has 2 unspecified atom stereocenters. The van der Waals surface area contributed by atoms with Crippen LogP contribution in [0.2, 0.25) is 0 Å². The second-order valence-electron chi connectivity index (χ2n) is 9.44. The van der Waals surface area contributed by atoms with Gasteiger partial charge in [-0.3, -0.25) is 14.4 Å². The number of rotatable bonds is 12. The van der Waals surface area contributed by atoms with Crippen molar-refractivity contribution >= 4 is 23.8 Å². The van der Waals surface area contributed by atoms with Crippen molar-refractivity contribution in [3.05, 3.63) is 29.3 Å².